The Morgan fingerprint density at radius 2 is 2.38 bits per heavy atom. The van der Waals surface area contributed by atoms with E-state index in [1.807, 2.05) is 0 Å². The fourth-order valence-electron chi connectivity index (χ4n) is 1.88. The minimum Gasteiger partial charge on any atom is -0.480 e. The first-order chi connectivity index (χ1) is 6.03. The van der Waals surface area contributed by atoms with E-state index < -0.39 is 17.4 Å². The Labute approximate surface area is 74.0 Å². The number of carbonyl (C=O) groups is 2. The maximum Gasteiger partial charge on any atom is 0.323 e. The molecule has 4 N–H and O–H groups in total. The molecule has 6 heteroatoms. The van der Waals surface area contributed by atoms with Crippen molar-refractivity contribution >= 4 is 11.9 Å². The minimum atomic E-state index is -1.30. The van der Waals surface area contributed by atoms with Crippen molar-refractivity contribution in [2.75, 3.05) is 0 Å². The SMILES string of the molecule is N[C@@]1(C(=O)O)C[C@@H]2ONC(=O)[C@@H]2C1. The molecule has 0 aromatic rings. The van der Waals surface area contributed by atoms with Crippen LogP contribution in [0.5, 0.6) is 0 Å². The topological polar surface area (TPSA) is 102 Å². The van der Waals surface area contributed by atoms with Crippen LogP contribution in [0.3, 0.4) is 0 Å². The van der Waals surface area contributed by atoms with Crippen LogP contribution in [0.2, 0.25) is 0 Å². The smallest absolute Gasteiger partial charge is 0.323 e. The van der Waals surface area contributed by atoms with E-state index in [0.717, 1.165) is 0 Å². The van der Waals surface area contributed by atoms with Crippen molar-refractivity contribution in [2.24, 2.45) is 11.7 Å². The van der Waals surface area contributed by atoms with Gasteiger partial charge in [0.1, 0.15) is 5.54 Å². The molecule has 72 valence electrons. The van der Waals surface area contributed by atoms with Gasteiger partial charge >= 0.3 is 5.97 Å². The highest BCUT2D eigenvalue weighted by molar-refractivity contribution is 5.85. The molecule has 3 atom stereocenters. The lowest BCUT2D eigenvalue weighted by atomic mass is 9.97. The van der Waals surface area contributed by atoms with Crippen molar-refractivity contribution in [3.05, 3.63) is 0 Å². The van der Waals surface area contributed by atoms with Gasteiger partial charge in [0.15, 0.2) is 0 Å². The average molecular weight is 186 g/mol. The molecule has 6 nitrogen and oxygen atoms in total. The van der Waals surface area contributed by atoms with Crippen molar-refractivity contribution in [1.29, 1.82) is 0 Å². The molecule has 0 spiro atoms. The predicted octanol–water partition coefficient (Wildman–Crippen LogP) is -1.39. The number of carboxylic acids is 1. The van der Waals surface area contributed by atoms with E-state index in [4.69, 9.17) is 15.7 Å². The Kier molecular flexibility index (Phi) is 1.58. The van der Waals surface area contributed by atoms with Crippen molar-refractivity contribution in [2.45, 2.75) is 24.5 Å². The minimum absolute atomic E-state index is 0.152. The third-order valence-electron chi connectivity index (χ3n) is 2.67. The molecular weight excluding hydrogens is 176 g/mol. The van der Waals surface area contributed by atoms with Gasteiger partial charge in [-0.05, 0) is 6.42 Å². The summed E-state index contributed by atoms with van der Waals surface area (Å²) in [4.78, 5) is 26.7. The largest absolute Gasteiger partial charge is 0.480 e. The van der Waals surface area contributed by atoms with Crippen LogP contribution < -0.4 is 11.2 Å². The van der Waals surface area contributed by atoms with Crippen molar-refractivity contribution in [3.8, 4) is 0 Å². The Hall–Kier alpha value is -1.14. The summed E-state index contributed by atoms with van der Waals surface area (Å²) in [5.74, 6) is -1.74. The molecule has 2 aliphatic rings. The number of carbonyl (C=O) groups excluding carboxylic acids is 1. The molecule has 0 unspecified atom stereocenters. The molecule has 13 heavy (non-hydrogen) atoms. The molecule has 0 aromatic heterocycles. The van der Waals surface area contributed by atoms with Crippen LogP contribution in [-0.2, 0) is 14.4 Å². The van der Waals surface area contributed by atoms with Crippen molar-refractivity contribution < 1.29 is 19.5 Å². The number of amides is 1. The van der Waals surface area contributed by atoms with Crippen molar-refractivity contribution in [3.63, 3.8) is 0 Å². The van der Waals surface area contributed by atoms with E-state index in [1.165, 1.54) is 0 Å². The number of aliphatic carboxylic acids is 1. The maximum atomic E-state index is 11.1. The average Bonchev–Trinajstić information content (AvgIpc) is 2.52. The number of nitrogens with two attached hydrogens (primary N) is 1. The highest BCUT2D eigenvalue weighted by Crippen LogP contribution is 2.37. The number of rotatable bonds is 1. The Morgan fingerprint density at radius 3 is 2.92 bits per heavy atom. The lowest BCUT2D eigenvalue weighted by molar-refractivity contribution is -0.144. The molecule has 1 amide bonds. The number of hydroxylamine groups is 1. The molecule has 2 rings (SSSR count). The summed E-state index contributed by atoms with van der Waals surface area (Å²) in [7, 11) is 0. The van der Waals surface area contributed by atoms with Gasteiger partial charge in [0.2, 0.25) is 5.91 Å². The van der Waals surface area contributed by atoms with Gasteiger partial charge in [-0.2, -0.15) is 0 Å². The third-order valence-corrected chi connectivity index (χ3v) is 2.67. The first kappa shape index (κ1) is 8.46. The van der Waals surface area contributed by atoms with Gasteiger partial charge < -0.3 is 10.8 Å². The highest BCUT2D eigenvalue weighted by Gasteiger charge is 2.54. The second-order valence-corrected chi connectivity index (χ2v) is 3.60. The van der Waals surface area contributed by atoms with E-state index in [-0.39, 0.29) is 24.9 Å². The van der Waals surface area contributed by atoms with Crippen LogP contribution in [0, 0.1) is 5.92 Å². The molecular formula is C7H10N2O4. The van der Waals surface area contributed by atoms with Crippen molar-refractivity contribution in [1.82, 2.24) is 5.48 Å². The summed E-state index contributed by atoms with van der Waals surface area (Å²) >= 11 is 0. The van der Waals surface area contributed by atoms with E-state index in [0.29, 0.717) is 0 Å². The molecule has 1 aliphatic carbocycles. The summed E-state index contributed by atoms with van der Waals surface area (Å²) in [5.41, 5.74) is 6.51. The summed E-state index contributed by atoms with van der Waals surface area (Å²) < 4.78 is 0. The first-order valence-corrected chi connectivity index (χ1v) is 4.01. The van der Waals surface area contributed by atoms with Gasteiger partial charge in [-0.3, -0.25) is 14.4 Å². The van der Waals surface area contributed by atoms with E-state index in [1.54, 1.807) is 0 Å². The fourth-order valence-corrected chi connectivity index (χ4v) is 1.88. The Balaban J connectivity index is 2.18. The first-order valence-electron chi connectivity index (χ1n) is 4.01. The lowest BCUT2D eigenvalue weighted by Crippen LogP contribution is -2.47. The monoisotopic (exact) mass is 186 g/mol. The van der Waals surface area contributed by atoms with Crippen LogP contribution >= 0.6 is 0 Å². The number of hydrogen-bond acceptors (Lipinski definition) is 4. The van der Waals surface area contributed by atoms with E-state index >= 15 is 0 Å². The van der Waals surface area contributed by atoms with Crippen LogP contribution in [0.15, 0.2) is 0 Å². The number of carboxylic acid groups (broad SMARTS) is 1. The maximum absolute atomic E-state index is 11.1. The molecule has 1 saturated heterocycles. The standard InChI is InChI=1S/C7H10N2O4/c8-7(6(11)12)1-3-4(2-7)13-9-5(3)10/h3-4H,1-2,8H2,(H,9,10)(H,11,12)/t3-,4+,7-/m1/s1. The van der Waals surface area contributed by atoms with Crippen LogP contribution in [-0.4, -0.2) is 28.6 Å². The quantitative estimate of drug-likeness (QED) is 0.468. The van der Waals surface area contributed by atoms with Gasteiger partial charge in [0.05, 0.1) is 12.0 Å². The zero-order chi connectivity index (χ0) is 9.64. The summed E-state index contributed by atoms with van der Waals surface area (Å²) in [5, 5.41) is 8.80. The Bertz CT molecular complexity index is 278. The number of nitrogens with one attached hydrogen (secondary N) is 1. The summed E-state index contributed by atoms with van der Waals surface area (Å²) in [6.07, 6.45) is -0.0431. The van der Waals surface area contributed by atoms with Gasteiger partial charge in [0, 0.05) is 6.42 Å². The molecule has 0 radical (unpaired) electrons. The molecule has 1 saturated carbocycles. The second-order valence-electron chi connectivity index (χ2n) is 3.60. The Morgan fingerprint density at radius 1 is 1.69 bits per heavy atom. The molecule has 1 aliphatic heterocycles. The summed E-state index contributed by atoms with van der Waals surface area (Å²) in [6.45, 7) is 0. The zero-order valence-electron chi connectivity index (χ0n) is 6.82. The molecule has 2 fully saturated rings. The van der Waals surface area contributed by atoms with Crippen LogP contribution in [0.1, 0.15) is 12.8 Å². The van der Waals surface area contributed by atoms with Crippen LogP contribution in [0.4, 0.5) is 0 Å². The summed E-state index contributed by atoms with van der Waals surface area (Å²) in [6, 6.07) is 0. The predicted molar refractivity (Wildman–Crippen MR) is 40.3 cm³/mol. The third kappa shape index (κ3) is 1.10. The van der Waals surface area contributed by atoms with Gasteiger partial charge in [-0.15, -0.1) is 0 Å². The zero-order valence-corrected chi connectivity index (χ0v) is 6.82. The molecule has 0 aromatic carbocycles. The fraction of sp³-hybridized carbons (Fsp3) is 0.714. The van der Waals surface area contributed by atoms with E-state index in [9.17, 15) is 9.59 Å². The second kappa shape index (κ2) is 2.43. The van der Waals surface area contributed by atoms with Gasteiger partial charge in [0.25, 0.3) is 0 Å². The number of fused-ring (bicyclic) bond motifs is 1. The number of hydrogen-bond donors (Lipinski definition) is 3. The molecule has 1 heterocycles. The highest BCUT2D eigenvalue weighted by atomic mass is 16.7. The molecule has 0 bridgehead atoms. The van der Waals surface area contributed by atoms with Gasteiger partial charge in [-0.1, -0.05) is 0 Å². The lowest BCUT2D eigenvalue weighted by Gasteiger charge is -2.18. The van der Waals surface area contributed by atoms with Crippen LogP contribution in [0.25, 0.3) is 0 Å². The van der Waals surface area contributed by atoms with E-state index in [2.05, 4.69) is 5.48 Å². The van der Waals surface area contributed by atoms with Gasteiger partial charge in [-0.25, -0.2) is 5.48 Å². The normalized spacial score (nSPS) is 43.0.